The van der Waals surface area contributed by atoms with Crippen molar-refractivity contribution >= 4 is 5.91 Å². The van der Waals surface area contributed by atoms with E-state index in [0.29, 0.717) is 19.1 Å². The molecule has 1 saturated carbocycles. The van der Waals surface area contributed by atoms with Gasteiger partial charge in [-0.05, 0) is 54.3 Å². The Balaban J connectivity index is 1.38. The van der Waals surface area contributed by atoms with Gasteiger partial charge in [-0.15, -0.1) is 0 Å². The number of hydrogen-bond donors (Lipinski definition) is 1. The third-order valence-electron chi connectivity index (χ3n) is 4.40. The second-order valence-corrected chi connectivity index (χ2v) is 6.04. The second-order valence-electron chi connectivity index (χ2n) is 6.04. The molecule has 1 N–H and O–H groups in total. The van der Waals surface area contributed by atoms with Crippen LogP contribution in [-0.2, 0) is 4.79 Å². The SMILES string of the molecule is COc1ccc(OCCNC(=O)C2CC2c2ccc(OC)cc2)cc1. The first-order valence-electron chi connectivity index (χ1n) is 8.40. The first-order chi connectivity index (χ1) is 12.2. The number of amides is 1. The van der Waals surface area contributed by atoms with Gasteiger partial charge in [0.15, 0.2) is 0 Å². The van der Waals surface area contributed by atoms with Crippen molar-refractivity contribution in [3.05, 3.63) is 54.1 Å². The Kier molecular flexibility index (Phi) is 5.43. The minimum Gasteiger partial charge on any atom is -0.497 e. The van der Waals surface area contributed by atoms with Gasteiger partial charge in [0.2, 0.25) is 5.91 Å². The van der Waals surface area contributed by atoms with Crippen molar-refractivity contribution in [2.75, 3.05) is 27.4 Å². The van der Waals surface area contributed by atoms with E-state index in [4.69, 9.17) is 14.2 Å². The van der Waals surface area contributed by atoms with Gasteiger partial charge < -0.3 is 19.5 Å². The molecule has 2 aromatic rings. The zero-order valence-electron chi connectivity index (χ0n) is 14.5. The van der Waals surface area contributed by atoms with Crippen LogP contribution in [0.1, 0.15) is 17.9 Å². The molecule has 2 aromatic carbocycles. The van der Waals surface area contributed by atoms with Gasteiger partial charge in [0.25, 0.3) is 0 Å². The van der Waals surface area contributed by atoms with Crippen LogP contribution in [0.4, 0.5) is 0 Å². The van der Waals surface area contributed by atoms with Crippen molar-refractivity contribution < 1.29 is 19.0 Å². The second kappa shape index (κ2) is 7.92. The van der Waals surface area contributed by atoms with Gasteiger partial charge in [0.1, 0.15) is 23.9 Å². The molecular weight excluding hydrogens is 318 g/mol. The fraction of sp³-hybridized carbons (Fsp3) is 0.350. The van der Waals surface area contributed by atoms with Crippen LogP contribution in [0.25, 0.3) is 0 Å². The zero-order valence-corrected chi connectivity index (χ0v) is 14.5. The molecule has 0 aliphatic heterocycles. The third-order valence-corrected chi connectivity index (χ3v) is 4.40. The number of ether oxygens (including phenoxy) is 3. The van der Waals surface area contributed by atoms with Gasteiger partial charge >= 0.3 is 0 Å². The highest BCUT2D eigenvalue weighted by atomic mass is 16.5. The number of nitrogens with one attached hydrogen (secondary N) is 1. The Morgan fingerprint density at radius 2 is 1.52 bits per heavy atom. The predicted molar refractivity (Wildman–Crippen MR) is 95.3 cm³/mol. The molecule has 1 amide bonds. The van der Waals surface area contributed by atoms with E-state index in [-0.39, 0.29) is 11.8 Å². The molecule has 0 saturated heterocycles. The lowest BCUT2D eigenvalue weighted by molar-refractivity contribution is -0.122. The Morgan fingerprint density at radius 3 is 2.12 bits per heavy atom. The number of methoxy groups -OCH3 is 2. The molecule has 1 fully saturated rings. The predicted octanol–water partition coefficient (Wildman–Crippen LogP) is 3.00. The molecule has 2 unspecified atom stereocenters. The summed E-state index contributed by atoms with van der Waals surface area (Å²) in [6.45, 7) is 0.939. The van der Waals surface area contributed by atoms with Crippen LogP contribution in [0.15, 0.2) is 48.5 Å². The van der Waals surface area contributed by atoms with Crippen molar-refractivity contribution in [2.24, 2.45) is 5.92 Å². The monoisotopic (exact) mass is 341 g/mol. The van der Waals surface area contributed by atoms with Crippen LogP contribution >= 0.6 is 0 Å². The minimum atomic E-state index is 0.0642. The number of carbonyl (C=O) groups is 1. The van der Waals surface area contributed by atoms with E-state index in [1.54, 1.807) is 14.2 Å². The normalized spacial score (nSPS) is 18.3. The molecule has 25 heavy (non-hydrogen) atoms. The summed E-state index contributed by atoms with van der Waals surface area (Å²) >= 11 is 0. The first-order valence-corrected chi connectivity index (χ1v) is 8.40. The van der Waals surface area contributed by atoms with E-state index in [1.807, 2.05) is 48.5 Å². The summed E-state index contributed by atoms with van der Waals surface area (Å²) < 4.78 is 15.9. The summed E-state index contributed by atoms with van der Waals surface area (Å²) in [7, 11) is 3.28. The fourth-order valence-electron chi connectivity index (χ4n) is 2.85. The highest BCUT2D eigenvalue weighted by Crippen LogP contribution is 2.47. The Labute approximate surface area is 147 Å². The fourth-order valence-corrected chi connectivity index (χ4v) is 2.85. The molecule has 2 atom stereocenters. The molecule has 5 heteroatoms. The van der Waals surface area contributed by atoms with E-state index in [2.05, 4.69) is 5.32 Å². The van der Waals surface area contributed by atoms with E-state index in [9.17, 15) is 4.79 Å². The number of benzene rings is 2. The van der Waals surface area contributed by atoms with Gasteiger partial charge in [0.05, 0.1) is 20.8 Å². The molecular formula is C20H23NO4. The van der Waals surface area contributed by atoms with Gasteiger partial charge in [0, 0.05) is 5.92 Å². The van der Waals surface area contributed by atoms with E-state index >= 15 is 0 Å². The molecule has 0 heterocycles. The molecule has 0 spiro atoms. The lowest BCUT2D eigenvalue weighted by atomic mass is 10.1. The van der Waals surface area contributed by atoms with Crippen molar-refractivity contribution in [1.29, 1.82) is 0 Å². The highest BCUT2D eigenvalue weighted by Gasteiger charge is 2.43. The van der Waals surface area contributed by atoms with Crippen molar-refractivity contribution in [2.45, 2.75) is 12.3 Å². The lowest BCUT2D eigenvalue weighted by Gasteiger charge is -2.08. The van der Waals surface area contributed by atoms with Crippen molar-refractivity contribution in [1.82, 2.24) is 5.32 Å². The maximum atomic E-state index is 12.2. The van der Waals surface area contributed by atoms with Crippen LogP contribution in [0.5, 0.6) is 17.2 Å². The summed E-state index contributed by atoms with van der Waals surface area (Å²) in [5.41, 5.74) is 1.19. The van der Waals surface area contributed by atoms with Crippen LogP contribution in [0.3, 0.4) is 0 Å². The summed E-state index contributed by atoms with van der Waals surface area (Å²) in [6.07, 6.45) is 0.900. The van der Waals surface area contributed by atoms with E-state index in [1.165, 1.54) is 5.56 Å². The molecule has 0 radical (unpaired) electrons. The number of hydrogen-bond acceptors (Lipinski definition) is 4. The molecule has 1 aliphatic rings. The maximum absolute atomic E-state index is 12.2. The van der Waals surface area contributed by atoms with Crippen LogP contribution in [0.2, 0.25) is 0 Å². The van der Waals surface area contributed by atoms with E-state index < -0.39 is 0 Å². The summed E-state index contributed by atoms with van der Waals surface area (Å²) in [5, 5.41) is 2.95. The molecule has 0 bridgehead atoms. The minimum absolute atomic E-state index is 0.0642. The van der Waals surface area contributed by atoms with Gasteiger partial charge in [-0.1, -0.05) is 12.1 Å². The zero-order chi connectivity index (χ0) is 17.6. The molecule has 132 valence electrons. The average Bonchev–Trinajstić information content (AvgIpc) is 3.46. The molecule has 1 aliphatic carbocycles. The Morgan fingerprint density at radius 1 is 0.960 bits per heavy atom. The van der Waals surface area contributed by atoms with Gasteiger partial charge in [-0.3, -0.25) is 4.79 Å². The summed E-state index contributed by atoms with van der Waals surface area (Å²) in [4.78, 5) is 12.2. The quantitative estimate of drug-likeness (QED) is 0.750. The summed E-state index contributed by atoms with van der Waals surface area (Å²) in [6, 6.07) is 15.3. The van der Waals surface area contributed by atoms with Crippen LogP contribution in [0, 0.1) is 5.92 Å². The lowest BCUT2D eigenvalue weighted by Crippen LogP contribution is -2.29. The topological polar surface area (TPSA) is 56.8 Å². The largest absolute Gasteiger partial charge is 0.497 e. The Hall–Kier alpha value is -2.69. The maximum Gasteiger partial charge on any atom is 0.223 e. The van der Waals surface area contributed by atoms with Crippen LogP contribution < -0.4 is 19.5 Å². The Bertz CT molecular complexity index is 697. The van der Waals surface area contributed by atoms with Gasteiger partial charge in [-0.25, -0.2) is 0 Å². The molecule has 0 aromatic heterocycles. The number of carbonyl (C=O) groups excluding carboxylic acids is 1. The van der Waals surface area contributed by atoms with Crippen molar-refractivity contribution in [3.8, 4) is 17.2 Å². The van der Waals surface area contributed by atoms with E-state index in [0.717, 1.165) is 23.7 Å². The average molecular weight is 341 g/mol. The molecule has 3 rings (SSSR count). The summed E-state index contributed by atoms with van der Waals surface area (Å²) in [5.74, 6) is 2.86. The smallest absolute Gasteiger partial charge is 0.223 e. The first kappa shape index (κ1) is 17.1. The number of rotatable bonds is 8. The standard InChI is InChI=1S/C20H23NO4/c1-23-15-5-3-14(4-6-15)18-13-19(18)20(22)21-11-12-25-17-9-7-16(24-2)8-10-17/h3-10,18-19H,11-13H2,1-2H3,(H,21,22). The third kappa shape index (κ3) is 4.44. The molecule has 5 nitrogen and oxygen atoms in total. The van der Waals surface area contributed by atoms with Gasteiger partial charge in [-0.2, -0.15) is 0 Å². The van der Waals surface area contributed by atoms with Crippen molar-refractivity contribution in [3.63, 3.8) is 0 Å². The highest BCUT2D eigenvalue weighted by molar-refractivity contribution is 5.82. The van der Waals surface area contributed by atoms with Crippen LogP contribution in [-0.4, -0.2) is 33.3 Å².